The molecule has 1 unspecified atom stereocenters. The van der Waals surface area contributed by atoms with Crippen LogP contribution in [0.25, 0.3) is 0 Å². The smallest absolute Gasteiger partial charge is 0.335 e. The van der Waals surface area contributed by atoms with Crippen LogP contribution in [0.15, 0.2) is 0 Å². The Morgan fingerprint density at radius 2 is 1.67 bits per heavy atom. The highest BCUT2D eigenvalue weighted by atomic mass is 16.4. The fourth-order valence-corrected chi connectivity index (χ4v) is 0.594. The summed E-state index contributed by atoms with van der Waals surface area (Å²) in [6, 6.07) is 0. The molecule has 0 aromatic carbocycles. The van der Waals surface area contributed by atoms with Gasteiger partial charge in [-0.25, -0.2) is 4.79 Å². The molecule has 0 aliphatic heterocycles. The molecule has 0 amide bonds. The van der Waals surface area contributed by atoms with Crippen molar-refractivity contribution >= 4 is 11.9 Å². The van der Waals surface area contributed by atoms with Crippen LogP contribution in [0, 0.1) is 0 Å². The highest BCUT2D eigenvalue weighted by Gasteiger charge is 2.23. The van der Waals surface area contributed by atoms with Gasteiger partial charge in [0.15, 0.2) is 6.10 Å². The van der Waals surface area contributed by atoms with Gasteiger partial charge in [-0.1, -0.05) is 0 Å². The average Bonchev–Trinajstić information content (AvgIpc) is 1.98. The Hall–Kier alpha value is -1.14. The lowest BCUT2D eigenvalue weighted by Crippen LogP contribution is -2.33. The van der Waals surface area contributed by atoms with Crippen LogP contribution in [0.2, 0.25) is 0 Å². The Balaban J connectivity index is 3.79. The van der Waals surface area contributed by atoms with Crippen LogP contribution < -0.4 is 0 Å². The van der Waals surface area contributed by atoms with Crippen LogP contribution in [-0.2, 0) is 9.59 Å². The molecule has 6 nitrogen and oxygen atoms in total. The van der Waals surface area contributed by atoms with Crippen molar-refractivity contribution in [2.24, 2.45) is 0 Å². The van der Waals surface area contributed by atoms with E-state index in [1.807, 2.05) is 0 Å². The summed E-state index contributed by atoms with van der Waals surface area (Å²) in [4.78, 5) is 20.0. The van der Waals surface area contributed by atoms with Crippen LogP contribution in [0.4, 0.5) is 0 Å². The van der Waals surface area contributed by atoms with E-state index in [0.717, 1.165) is 0 Å². The number of carboxylic acid groups (broad SMARTS) is 2. The molecule has 0 rings (SSSR count). The highest BCUT2D eigenvalue weighted by molar-refractivity contribution is 5.73. The number of carbonyl (C=O) groups is 2. The third-order valence-electron chi connectivity index (χ3n) is 1.27. The second kappa shape index (κ2) is 4.68. The predicted molar refractivity (Wildman–Crippen MR) is 36.5 cm³/mol. The first-order valence-corrected chi connectivity index (χ1v) is 3.26. The van der Waals surface area contributed by atoms with Crippen molar-refractivity contribution in [3.8, 4) is 0 Å². The molecule has 6 heteroatoms. The fraction of sp³-hybridized carbons (Fsp3) is 0.667. The van der Waals surface area contributed by atoms with Gasteiger partial charge in [0.25, 0.3) is 0 Å². The lowest BCUT2D eigenvalue weighted by Gasteiger charge is -2.11. The Kier molecular flexibility index (Phi) is 4.24. The number of aliphatic hydroxyl groups excluding tert-OH is 2. The molecule has 70 valence electrons. The highest BCUT2D eigenvalue weighted by Crippen LogP contribution is 2.02. The van der Waals surface area contributed by atoms with Crippen molar-refractivity contribution in [3.63, 3.8) is 0 Å². The van der Waals surface area contributed by atoms with Crippen LogP contribution in [0.5, 0.6) is 0 Å². The molecule has 0 aliphatic rings. The zero-order valence-electron chi connectivity index (χ0n) is 6.17. The SMILES string of the molecule is O=C(O)CC[C@@H](O)C(O)C(=O)O. The summed E-state index contributed by atoms with van der Waals surface area (Å²) in [7, 11) is 0. The largest absolute Gasteiger partial charge is 0.481 e. The zero-order valence-corrected chi connectivity index (χ0v) is 6.17. The summed E-state index contributed by atoms with van der Waals surface area (Å²) in [6.07, 6.45) is -4.09. The third-order valence-corrected chi connectivity index (χ3v) is 1.27. The molecule has 0 spiro atoms. The van der Waals surface area contributed by atoms with Gasteiger partial charge in [0.1, 0.15) is 0 Å². The summed E-state index contributed by atoms with van der Waals surface area (Å²) >= 11 is 0. The van der Waals surface area contributed by atoms with E-state index >= 15 is 0 Å². The first-order valence-electron chi connectivity index (χ1n) is 3.26. The van der Waals surface area contributed by atoms with E-state index in [2.05, 4.69) is 0 Å². The van der Waals surface area contributed by atoms with E-state index in [1.165, 1.54) is 0 Å². The molecule has 0 aromatic heterocycles. The Morgan fingerprint density at radius 3 is 2.00 bits per heavy atom. The number of hydrogen-bond acceptors (Lipinski definition) is 4. The number of aliphatic hydroxyl groups is 2. The molecule has 0 fully saturated rings. The Labute approximate surface area is 68.1 Å². The number of carboxylic acids is 2. The van der Waals surface area contributed by atoms with E-state index in [0.29, 0.717) is 0 Å². The first kappa shape index (κ1) is 10.9. The van der Waals surface area contributed by atoms with E-state index in [-0.39, 0.29) is 12.8 Å². The molecule has 0 aliphatic carbocycles. The van der Waals surface area contributed by atoms with Gasteiger partial charge in [-0.15, -0.1) is 0 Å². The van der Waals surface area contributed by atoms with Crippen LogP contribution in [0.3, 0.4) is 0 Å². The molecule has 4 N–H and O–H groups in total. The van der Waals surface area contributed by atoms with Crippen molar-refractivity contribution in [2.45, 2.75) is 25.0 Å². The third kappa shape index (κ3) is 3.89. The molecule has 0 radical (unpaired) electrons. The average molecular weight is 178 g/mol. The molecule has 2 atom stereocenters. The summed E-state index contributed by atoms with van der Waals surface area (Å²) < 4.78 is 0. The first-order chi connectivity index (χ1) is 5.45. The fourth-order valence-electron chi connectivity index (χ4n) is 0.594. The molecule has 0 heterocycles. The Morgan fingerprint density at radius 1 is 1.17 bits per heavy atom. The van der Waals surface area contributed by atoms with Gasteiger partial charge < -0.3 is 20.4 Å². The summed E-state index contributed by atoms with van der Waals surface area (Å²) in [5.74, 6) is -2.71. The standard InChI is InChI=1S/C6H10O6/c7-3(1-2-4(8)9)5(10)6(11)12/h3,5,7,10H,1-2H2,(H,8,9)(H,11,12)/t3-,5?/m1/s1. The minimum atomic E-state index is -1.91. The van der Waals surface area contributed by atoms with Crippen molar-refractivity contribution in [1.29, 1.82) is 0 Å². The second-order valence-electron chi connectivity index (χ2n) is 2.28. The number of hydrogen-bond donors (Lipinski definition) is 4. The van der Waals surface area contributed by atoms with E-state index < -0.39 is 24.1 Å². The van der Waals surface area contributed by atoms with Gasteiger partial charge in [-0.2, -0.15) is 0 Å². The number of rotatable bonds is 5. The summed E-state index contributed by atoms with van der Waals surface area (Å²) in [5.41, 5.74) is 0. The van der Waals surface area contributed by atoms with Gasteiger partial charge in [0.05, 0.1) is 6.10 Å². The molecule has 0 bridgehead atoms. The lowest BCUT2D eigenvalue weighted by atomic mass is 10.1. The lowest BCUT2D eigenvalue weighted by molar-refractivity contribution is -0.154. The maximum atomic E-state index is 10.0. The predicted octanol–water partition coefficient (Wildman–Crippen LogP) is -1.34. The molecule has 0 aromatic rings. The van der Waals surface area contributed by atoms with Crippen molar-refractivity contribution in [2.75, 3.05) is 0 Å². The quantitative estimate of drug-likeness (QED) is 0.414. The molecular formula is C6H10O6. The summed E-state index contributed by atoms with van der Waals surface area (Å²) in [5, 5.41) is 33.8. The van der Waals surface area contributed by atoms with Crippen molar-refractivity contribution < 1.29 is 30.0 Å². The topological polar surface area (TPSA) is 115 Å². The molecule has 12 heavy (non-hydrogen) atoms. The minimum absolute atomic E-state index is 0.275. The van der Waals surface area contributed by atoms with Crippen LogP contribution in [0.1, 0.15) is 12.8 Å². The molecule has 0 saturated heterocycles. The second-order valence-corrected chi connectivity index (χ2v) is 2.28. The van der Waals surface area contributed by atoms with Crippen LogP contribution in [-0.4, -0.2) is 44.6 Å². The zero-order chi connectivity index (χ0) is 9.72. The van der Waals surface area contributed by atoms with E-state index in [4.69, 9.17) is 20.4 Å². The monoisotopic (exact) mass is 178 g/mol. The van der Waals surface area contributed by atoms with E-state index in [9.17, 15) is 9.59 Å². The van der Waals surface area contributed by atoms with Gasteiger partial charge in [0, 0.05) is 6.42 Å². The van der Waals surface area contributed by atoms with Crippen molar-refractivity contribution in [3.05, 3.63) is 0 Å². The van der Waals surface area contributed by atoms with Crippen LogP contribution >= 0.6 is 0 Å². The summed E-state index contributed by atoms with van der Waals surface area (Å²) in [6.45, 7) is 0. The van der Waals surface area contributed by atoms with E-state index in [1.54, 1.807) is 0 Å². The van der Waals surface area contributed by atoms with Crippen molar-refractivity contribution in [1.82, 2.24) is 0 Å². The minimum Gasteiger partial charge on any atom is -0.481 e. The molecular weight excluding hydrogens is 168 g/mol. The number of aliphatic carboxylic acids is 2. The van der Waals surface area contributed by atoms with Gasteiger partial charge in [-0.05, 0) is 6.42 Å². The normalized spacial score (nSPS) is 15.2. The maximum Gasteiger partial charge on any atom is 0.335 e. The Bertz CT molecular complexity index is 177. The van der Waals surface area contributed by atoms with Gasteiger partial charge in [0.2, 0.25) is 0 Å². The molecule has 0 saturated carbocycles. The van der Waals surface area contributed by atoms with Gasteiger partial charge in [-0.3, -0.25) is 4.79 Å². The maximum absolute atomic E-state index is 10.0. The van der Waals surface area contributed by atoms with Gasteiger partial charge >= 0.3 is 11.9 Å².